The molecule has 0 spiro atoms. The number of ether oxygens (including phenoxy) is 3. The van der Waals surface area contributed by atoms with Crippen molar-refractivity contribution in [2.24, 2.45) is 0 Å². The molecule has 1 heterocycles. The monoisotopic (exact) mass is 386 g/mol. The molecule has 0 fully saturated rings. The van der Waals surface area contributed by atoms with Crippen molar-refractivity contribution in [2.75, 3.05) is 26.4 Å². The number of rotatable bonds is 0. The van der Waals surface area contributed by atoms with Gasteiger partial charge < -0.3 is 14.2 Å². The molecule has 0 saturated heterocycles. The molecule has 140 valence electrons. The molecule has 1 aliphatic rings. The summed E-state index contributed by atoms with van der Waals surface area (Å²) in [5, 5.41) is 4.87. The van der Waals surface area contributed by atoms with Crippen LogP contribution in [0.25, 0.3) is 0 Å². The summed E-state index contributed by atoms with van der Waals surface area (Å²) in [4.78, 5) is 25.0. The van der Waals surface area contributed by atoms with Crippen LogP contribution in [0.3, 0.4) is 0 Å². The third-order valence-electron chi connectivity index (χ3n) is 3.69. The fraction of sp³-hybridized carbons (Fsp3) is 0.211. The van der Waals surface area contributed by atoms with Gasteiger partial charge in [-0.05, 0) is 36.5 Å². The van der Waals surface area contributed by atoms with Gasteiger partial charge >= 0.3 is 0 Å². The maximum atomic E-state index is 12.5. The normalized spacial score (nSPS) is 16.1. The molecule has 2 aromatic rings. The van der Waals surface area contributed by atoms with E-state index in [0.29, 0.717) is 35.8 Å². The van der Waals surface area contributed by atoms with Crippen LogP contribution in [-0.4, -0.2) is 43.4 Å². The molecule has 27 heavy (non-hydrogen) atoms. The van der Waals surface area contributed by atoms with E-state index < -0.39 is 11.8 Å². The Bertz CT molecular complexity index is 788. The molecule has 0 aliphatic carbocycles. The van der Waals surface area contributed by atoms with Crippen molar-refractivity contribution in [3.8, 4) is 11.5 Å². The second kappa shape index (κ2) is 9.11. The molecular formula is C19H18N2O5S. The Morgan fingerprint density at radius 3 is 1.63 bits per heavy atom. The molecule has 0 atom stereocenters. The number of amides is 2. The van der Waals surface area contributed by atoms with Crippen molar-refractivity contribution in [1.29, 1.82) is 0 Å². The third kappa shape index (κ3) is 5.02. The van der Waals surface area contributed by atoms with E-state index in [9.17, 15) is 9.59 Å². The second-order valence-corrected chi connectivity index (χ2v) is 5.95. The lowest BCUT2D eigenvalue weighted by atomic mass is 10.2. The Morgan fingerprint density at radius 2 is 1.15 bits per heavy atom. The van der Waals surface area contributed by atoms with Crippen LogP contribution in [0.2, 0.25) is 0 Å². The first kappa shape index (κ1) is 18.8. The molecule has 1 aliphatic heterocycles. The maximum Gasteiger partial charge on any atom is 0.261 e. The predicted octanol–water partition coefficient (Wildman–Crippen LogP) is 1.92. The van der Waals surface area contributed by atoms with Crippen molar-refractivity contribution in [3.63, 3.8) is 0 Å². The van der Waals surface area contributed by atoms with Crippen LogP contribution in [-0.2, 0) is 4.74 Å². The molecule has 0 bridgehead atoms. The first-order valence-electron chi connectivity index (χ1n) is 8.33. The molecule has 0 saturated carbocycles. The first-order chi connectivity index (χ1) is 13.1. The molecule has 3 rings (SSSR count). The van der Waals surface area contributed by atoms with Crippen LogP contribution in [0.15, 0.2) is 48.5 Å². The standard InChI is InChI=1S/C19H18N2O5S/c22-17-13-5-1-3-7-15(13)25-11-9-24-10-12-26-16-8-4-2-6-14(16)18(23)21-19(27)20-17/h1-8H,9-12H2,(H2,20,21,22,23,27). The van der Waals surface area contributed by atoms with Gasteiger partial charge in [0.15, 0.2) is 5.11 Å². The van der Waals surface area contributed by atoms with Gasteiger partial charge in [0.05, 0.1) is 24.3 Å². The Morgan fingerprint density at radius 1 is 0.704 bits per heavy atom. The van der Waals surface area contributed by atoms with Crippen molar-refractivity contribution in [1.82, 2.24) is 10.6 Å². The van der Waals surface area contributed by atoms with E-state index in [2.05, 4.69) is 10.6 Å². The molecule has 2 N–H and O–H groups in total. The van der Waals surface area contributed by atoms with E-state index >= 15 is 0 Å². The molecule has 0 radical (unpaired) electrons. The highest BCUT2D eigenvalue weighted by atomic mass is 32.1. The molecule has 2 aromatic carbocycles. The van der Waals surface area contributed by atoms with Crippen LogP contribution in [0.1, 0.15) is 20.7 Å². The van der Waals surface area contributed by atoms with Gasteiger partial charge in [0.25, 0.3) is 11.8 Å². The first-order valence-corrected chi connectivity index (χ1v) is 8.74. The number of thiocarbonyl (C=S) groups is 1. The van der Waals surface area contributed by atoms with Crippen LogP contribution in [0.5, 0.6) is 11.5 Å². The van der Waals surface area contributed by atoms with Crippen molar-refractivity contribution in [3.05, 3.63) is 59.7 Å². The lowest BCUT2D eigenvalue weighted by molar-refractivity contribution is 0.0750. The number of nitrogens with one attached hydrogen (secondary N) is 2. The molecule has 8 heteroatoms. The van der Waals surface area contributed by atoms with Gasteiger partial charge in [0.1, 0.15) is 24.7 Å². The number of benzene rings is 2. The lowest BCUT2D eigenvalue weighted by Crippen LogP contribution is -2.42. The maximum absolute atomic E-state index is 12.5. The average Bonchev–Trinajstić information content (AvgIpc) is 2.67. The molecule has 2 amide bonds. The molecule has 0 aromatic heterocycles. The summed E-state index contributed by atoms with van der Waals surface area (Å²) < 4.78 is 16.7. The van der Waals surface area contributed by atoms with E-state index in [0.717, 1.165) is 0 Å². The number of hydrogen-bond donors (Lipinski definition) is 2. The predicted molar refractivity (Wildman–Crippen MR) is 102 cm³/mol. The van der Waals surface area contributed by atoms with Crippen molar-refractivity contribution < 1.29 is 23.8 Å². The molecule has 0 unspecified atom stereocenters. The average molecular weight is 386 g/mol. The summed E-state index contributed by atoms with van der Waals surface area (Å²) in [5.41, 5.74) is 0.620. The highest BCUT2D eigenvalue weighted by Crippen LogP contribution is 2.19. The SMILES string of the molecule is O=C1NC(=S)NC(=O)c2ccccc2OCCOCCOc2ccccc21. The Balaban J connectivity index is 1.82. The Labute approximate surface area is 161 Å². The second-order valence-electron chi connectivity index (χ2n) is 5.54. The minimum Gasteiger partial charge on any atom is -0.490 e. The highest BCUT2D eigenvalue weighted by Gasteiger charge is 2.17. The van der Waals surface area contributed by atoms with E-state index in [1.54, 1.807) is 48.5 Å². The lowest BCUT2D eigenvalue weighted by Gasteiger charge is -2.15. The summed E-state index contributed by atoms with van der Waals surface area (Å²) in [7, 11) is 0. The van der Waals surface area contributed by atoms with Gasteiger partial charge in [-0.25, -0.2) is 0 Å². The number of hydrogen-bond acceptors (Lipinski definition) is 6. The highest BCUT2D eigenvalue weighted by molar-refractivity contribution is 7.80. The van der Waals surface area contributed by atoms with Gasteiger partial charge in [-0.2, -0.15) is 0 Å². The topological polar surface area (TPSA) is 85.9 Å². The summed E-state index contributed by atoms with van der Waals surface area (Å²) in [6.45, 7) is 1.23. The minimum absolute atomic E-state index is 0.106. The fourth-order valence-corrected chi connectivity index (χ4v) is 2.64. The van der Waals surface area contributed by atoms with E-state index in [1.807, 2.05) is 0 Å². The molecule has 7 nitrogen and oxygen atoms in total. The van der Waals surface area contributed by atoms with Gasteiger partial charge in [-0.15, -0.1) is 0 Å². The quantitative estimate of drug-likeness (QED) is 0.673. The zero-order chi connectivity index (χ0) is 19.1. The van der Waals surface area contributed by atoms with Crippen LogP contribution in [0.4, 0.5) is 0 Å². The number of carbonyl (C=O) groups is 2. The largest absolute Gasteiger partial charge is 0.490 e. The molecular weight excluding hydrogens is 368 g/mol. The van der Waals surface area contributed by atoms with Crippen LogP contribution < -0.4 is 20.1 Å². The summed E-state index contributed by atoms with van der Waals surface area (Å²) in [5.74, 6) is -0.148. The Kier molecular flexibility index (Phi) is 6.35. The zero-order valence-corrected chi connectivity index (χ0v) is 15.2. The van der Waals surface area contributed by atoms with Gasteiger partial charge in [-0.3, -0.25) is 20.2 Å². The van der Waals surface area contributed by atoms with Crippen molar-refractivity contribution in [2.45, 2.75) is 0 Å². The number of fused-ring (bicyclic) bond motifs is 2. The van der Waals surface area contributed by atoms with Gasteiger partial charge in [0.2, 0.25) is 0 Å². The number of carbonyl (C=O) groups excluding carboxylic acids is 2. The van der Waals surface area contributed by atoms with E-state index in [-0.39, 0.29) is 18.3 Å². The minimum atomic E-state index is -0.478. The third-order valence-corrected chi connectivity index (χ3v) is 3.89. The smallest absolute Gasteiger partial charge is 0.261 e. The van der Waals surface area contributed by atoms with E-state index in [1.165, 1.54) is 0 Å². The Hall–Kier alpha value is -2.97. The summed E-state index contributed by atoms with van der Waals surface area (Å²) >= 11 is 5.09. The van der Waals surface area contributed by atoms with Gasteiger partial charge in [0, 0.05) is 0 Å². The summed E-state index contributed by atoms with van der Waals surface area (Å²) in [6.07, 6.45) is 0. The van der Waals surface area contributed by atoms with Crippen LogP contribution in [0, 0.1) is 0 Å². The number of para-hydroxylation sites is 2. The van der Waals surface area contributed by atoms with Crippen molar-refractivity contribution >= 4 is 29.1 Å². The summed E-state index contributed by atoms with van der Waals surface area (Å²) in [6, 6.07) is 13.5. The van der Waals surface area contributed by atoms with E-state index in [4.69, 9.17) is 26.4 Å². The fourth-order valence-electron chi connectivity index (χ4n) is 2.46. The zero-order valence-electron chi connectivity index (χ0n) is 14.4. The van der Waals surface area contributed by atoms with Crippen LogP contribution >= 0.6 is 12.2 Å². The van der Waals surface area contributed by atoms with Gasteiger partial charge in [-0.1, -0.05) is 24.3 Å².